The molecule has 90 valence electrons. The Hall–Kier alpha value is -0.640. The van der Waals surface area contributed by atoms with Crippen molar-refractivity contribution in [3.8, 4) is 0 Å². The molecular formula is C12H21N3S. The highest BCUT2D eigenvalue weighted by Gasteiger charge is 2.19. The summed E-state index contributed by atoms with van der Waals surface area (Å²) in [6, 6.07) is 1.07. The fourth-order valence-electron chi connectivity index (χ4n) is 2.23. The van der Waals surface area contributed by atoms with Crippen molar-refractivity contribution in [3.63, 3.8) is 0 Å². The fraction of sp³-hybridized carbons (Fsp3) is 0.750. The first kappa shape index (κ1) is 11.8. The lowest BCUT2D eigenvalue weighted by molar-refractivity contribution is 0.516. The maximum Gasteiger partial charge on any atom is 0.0828 e. The molecule has 2 rings (SSSR count). The molecule has 2 heterocycles. The first-order valence-electron chi connectivity index (χ1n) is 5.99. The molecule has 16 heavy (non-hydrogen) atoms. The van der Waals surface area contributed by atoms with Crippen LogP contribution in [0.2, 0.25) is 0 Å². The van der Waals surface area contributed by atoms with Crippen molar-refractivity contribution in [3.05, 3.63) is 11.4 Å². The van der Waals surface area contributed by atoms with Crippen LogP contribution in [0.25, 0.3) is 0 Å². The molecule has 1 fully saturated rings. The lowest BCUT2D eigenvalue weighted by atomic mass is 10.2. The van der Waals surface area contributed by atoms with Gasteiger partial charge in [0.15, 0.2) is 0 Å². The van der Waals surface area contributed by atoms with Crippen LogP contribution >= 0.6 is 11.8 Å². The van der Waals surface area contributed by atoms with E-state index in [-0.39, 0.29) is 0 Å². The maximum atomic E-state index is 4.60. The molecule has 1 unspecified atom stereocenters. The van der Waals surface area contributed by atoms with Crippen molar-refractivity contribution in [1.29, 1.82) is 0 Å². The number of hydrogen-bond donors (Lipinski definition) is 1. The topological polar surface area (TPSA) is 29.9 Å². The second-order valence-corrected chi connectivity index (χ2v) is 5.94. The van der Waals surface area contributed by atoms with Gasteiger partial charge in [-0.3, -0.25) is 4.68 Å². The maximum absolute atomic E-state index is 4.60. The summed E-state index contributed by atoms with van der Waals surface area (Å²) in [6.07, 6.45) is 1.27. The summed E-state index contributed by atoms with van der Waals surface area (Å²) in [5.74, 6) is 2.51. The molecule has 1 aliphatic heterocycles. The Morgan fingerprint density at radius 3 is 2.69 bits per heavy atom. The molecule has 1 aliphatic rings. The van der Waals surface area contributed by atoms with E-state index in [2.05, 4.69) is 42.8 Å². The summed E-state index contributed by atoms with van der Waals surface area (Å²) in [4.78, 5) is 0. The third kappa shape index (κ3) is 2.21. The smallest absolute Gasteiger partial charge is 0.0828 e. The van der Waals surface area contributed by atoms with Gasteiger partial charge in [0.2, 0.25) is 0 Å². The fourth-order valence-corrected chi connectivity index (χ4v) is 3.38. The average Bonchev–Trinajstić information content (AvgIpc) is 2.81. The molecule has 3 nitrogen and oxygen atoms in total. The molecule has 1 aromatic heterocycles. The minimum Gasteiger partial charge on any atom is -0.378 e. The number of aromatic nitrogens is 2. The van der Waals surface area contributed by atoms with E-state index in [9.17, 15) is 0 Å². The number of hydrogen-bond acceptors (Lipinski definition) is 3. The molecule has 0 aliphatic carbocycles. The second-order valence-electron chi connectivity index (χ2n) is 4.79. The van der Waals surface area contributed by atoms with E-state index in [1.54, 1.807) is 0 Å². The molecule has 4 heteroatoms. The number of thioether (sulfide) groups is 1. The Balaban J connectivity index is 2.19. The zero-order valence-electron chi connectivity index (χ0n) is 10.6. The normalized spacial score (nSPS) is 20.7. The van der Waals surface area contributed by atoms with Crippen LogP contribution < -0.4 is 5.32 Å². The van der Waals surface area contributed by atoms with Crippen LogP contribution in [0.1, 0.15) is 37.7 Å². The summed E-state index contributed by atoms with van der Waals surface area (Å²) < 4.78 is 2.11. The van der Waals surface area contributed by atoms with Crippen molar-refractivity contribution in [2.24, 2.45) is 0 Å². The van der Waals surface area contributed by atoms with Gasteiger partial charge in [-0.2, -0.15) is 16.9 Å². The van der Waals surface area contributed by atoms with Gasteiger partial charge in [-0.15, -0.1) is 0 Å². The van der Waals surface area contributed by atoms with E-state index in [1.165, 1.54) is 29.3 Å². The SMILES string of the molecule is Cc1nn(C(C)C)c(C)c1NC1CCSC1. The average molecular weight is 239 g/mol. The van der Waals surface area contributed by atoms with E-state index in [4.69, 9.17) is 0 Å². The van der Waals surface area contributed by atoms with Gasteiger partial charge in [0.25, 0.3) is 0 Å². The van der Waals surface area contributed by atoms with Gasteiger partial charge in [-0.1, -0.05) is 0 Å². The molecular weight excluding hydrogens is 218 g/mol. The summed E-state index contributed by atoms with van der Waals surface area (Å²) in [5.41, 5.74) is 3.65. The summed E-state index contributed by atoms with van der Waals surface area (Å²) in [5, 5.41) is 8.25. The van der Waals surface area contributed by atoms with Crippen molar-refractivity contribution in [1.82, 2.24) is 9.78 Å². The zero-order valence-corrected chi connectivity index (χ0v) is 11.4. The molecule has 1 N–H and O–H groups in total. The van der Waals surface area contributed by atoms with Crippen LogP contribution in [0, 0.1) is 13.8 Å². The third-order valence-electron chi connectivity index (χ3n) is 3.09. The van der Waals surface area contributed by atoms with Gasteiger partial charge in [-0.25, -0.2) is 0 Å². The minimum atomic E-state index is 0.437. The molecule has 0 bridgehead atoms. The lowest BCUT2D eigenvalue weighted by Crippen LogP contribution is -2.19. The van der Waals surface area contributed by atoms with E-state index >= 15 is 0 Å². The molecule has 1 saturated heterocycles. The van der Waals surface area contributed by atoms with Crippen molar-refractivity contribution in [2.75, 3.05) is 16.8 Å². The highest BCUT2D eigenvalue weighted by Crippen LogP contribution is 2.27. The monoisotopic (exact) mass is 239 g/mol. The van der Waals surface area contributed by atoms with Gasteiger partial charge in [0.1, 0.15) is 0 Å². The molecule has 1 atom stereocenters. The van der Waals surface area contributed by atoms with E-state index in [0.717, 1.165) is 5.69 Å². The molecule has 0 amide bonds. The number of aryl methyl sites for hydroxylation is 1. The molecule has 1 aromatic rings. The number of nitrogens with one attached hydrogen (secondary N) is 1. The quantitative estimate of drug-likeness (QED) is 0.879. The predicted molar refractivity (Wildman–Crippen MR) is 71.4 cm³/mol. The van der Waals surface area contributed by atoms with Gasteiger partial charge in [-0.05, 0) is 39.9 Å². The second kappa shape index (κ2) is 4.70. The first-order chi connectivity index (χ1) is 7.59. The van der Waals surface area contributed by atoms with Crippen LogP contribution in [-0.4, -0.2) is 27.3 Å². The molecule has 0 saturated carbocycles. The highest BCUT2D eigenvalue weighted by atomic mass is 32.2. The lowest BCUT2D eigenvalue weighted by Gasteiger charge is -2.14. The first-order valence-corrected chi connectivity index (χ1v) is 7.15. The Morgan fingerprint density at radius 1 is 1.44 bits per heavy atom. The summed E-state index contributed by atoms with van der Waals surface area (Å²) in [7, 11) is 0. The van der Waals surface area contributed by atoms with Crippen LogP contribution in [0.4, 0.5) is 5.69 Å². The van der Waals surface area contributed by atoms with Gasteiger partial charge < -0.3 is 5.32 Å². The molecule has 0 radical (unpaired) electrons. The van der Waals surface area contributed by atoms with Gasteiger partial charge in [0.05, 0.1) is 17.1 Å². The Kier molecular flexibility index (Phi) is 3.47. The van der Waals surface area contributed by atoms with Crippen LogP contribution in [0.15, 0.2) is 0 Å². The van der Waals surface area contributed by atoms with E-state index in [0.29, 0.717) is 12.1 Å². The van der Waals surface area contributed by atoms with Gasteiger partial charge >= 0.3 is 0 Å². The largest absolute Gasteiger partial charge is 0.378 e. The molecule has 0 aromatic carbocycles. The summed E-state index contributed by atoms with van der Waals surface area (Å²) in [6.45, 7) is 8.60. The van der Waals surface area contributed by atoms with Crippen molar-refractivity contribution in [2.45, 2.75) is 46.2 Å². The minimum absolute atomic E-state index is 0.437. The van der Waals surface area contributed by atoms with Crippen molar-refractivity contribution < 1.29 is 0 Å². The number of anilines is 1. The highest BCUT2D eigenvalue weighted by molar-refractivity contribution is 7.99. The Labute approximate surface area is 102 Å². The Morgan fingerprint density at radius 2 is 2.19 bits per heavy atom. The van der Waals surface area contributed by atoms with E-state index in [1.807, 2.05) is 11.8 Å². The predicted octanol–water partition coefficient (Wildman–Crippen LogP) is 3.00. The van der Waals surface area contributed by atoms with Gasteiger partial charge in [0, 0.05) is 17.8 Å². The standard InChI is InChI=1S/C12H21N3S/c1-8(2)15-10(4)12(9(3)14-15)13-11-5-6-16-7-11/h8,11,13H,5-7H2,1-4H3. The number of rotatable bonds is 3. The van der Waals surface area contributed by atoms with E-state index < -0.39 is 0 Å². The molecule has 0 spiro atoms. The summed E-state index contributed by atoms with van der Waals surface area (Å²) >= 11 is 2.04. The van der Waals surface area contributed by atoms with Crippen LogP contribution in [0.5, 0.6) is 0 Å². The van der Waals surface area contributed by atoms with Crippen LogP contribution in [0.3, 0.4) is 0 Å². The number of nitrogens with zero attached hydrogens (tertiary/aromatic N) is 2. The van der Waals surface area contributed by atoms with Crippen LogP contribution in [-0.2, 0) is 0 Å². The van der Waals surface area contributed by atoms with Crippen molar-refractivity contribution >= 4 is 17.4 Å². The Bertz CT molecular complexity index is 365. The zero-order chi connectivity index (χ0) is 11.7. The third-order valence-corrected chi connectivity index (χ3v) is 4.25.